The Balaban J connectivity index is 0. The molecule has 5 N–H and O–H groups in total. The molecule has 1 aromatic rings. The van der Waals surface area contributed by atoms with E-state index in [0.29, 0.717) is 18.8 Å². The van der Waals surface area contributed by atoms with Crippen LogP contribution < -0.4 is 16.8 Å². The van der Waals surface area contributed by atoms with Gasteiger partial charge in [-0.05, 0) is 31.0 Å². The van der Waals surface area contributed by atoms with Gasteiger partial charge in [-0.3, -0.25) is 4.79 Å². The maximum atomic E-state index is 11.5. The minimum Gasteiger partial charge on any atom is -0.443 e. The van der Waals surface area contributed by atoms with Crippen LogP contribution in [0.1, 0.15) is 22.7 Å². The third-order valence-electron chi connectivity index (χ3n) is 1.81. The van der Waals surface area contributed by atoms with E-state index in [1.807, 2.05) is 0 Å². The Hall–Kier alpha value is -1.19. The third-order valence-corrected chi connectivity index (χ3v) is 1.81. The zero-order valence-corrected chi connectivity index (χ0v) is 11.4. The molecule has 0 bridgehead atoms. The summed E-state index contributed by atoms with van der Waals surface area (Å²) in [6.45, 7) is 1.35. The molecule has 1 heterocycles. The molecular weight excluding hydrogens is 277 g/mol. The van der Waals surface area contributed by atoms with Gasteiger partial charge in [-0.15, -0.1) is 24.8 Å². The van der Waals surface area contributed by atoms with Gasteiger partial charge in [-0.25, -0.2) is 0 Å². The molecule has 7 heteroatoms. The van der Waals surface area contributed by atoms with Crippen LogP contribution in [0.2, 0.25) is 0 Å². The summed E-state index contributed by atoms with van der Waals surface area (Å²) in [6, 6.07) is 3.22. The van der Waals surface area contributed by atoms with Crippen molar-refractivity contribution in [2.45, 2.75) is 6.42 Å². The monoisotopic (exact) mass is 293 g/mol. The Morgan fingerprint density at radius 3 is 2.67 bits per heavy atom. The molecule has 0 aromatic carbocycles. The highest BCUT2D eigenvalue weighted by Crippen LogP contribution is 2.06. The first-order valence-corrected chi connectivity index (χ1v) is 5.05. The lowest BCUT2D eigenvalue weighted by molar-refractivity contribution is 0.0925. The lowest BCUT2D eigenvalue weighted by atomic mass is 10.4. The van der Waals surface area contributed by atoms with Gasteiger partial charge in [0.2, 0.25) is 0 Å². The van der Waals surface area contributed by atoms with E-state index >= 15 is 0 Å². The predicted octanol–water partition coefficient (Wildman–Crippen LogP) is 0.512. The van der Waals surface area contributed by atoms with Crippen molar-refractivity contribution in [2.75, 3.05) is 19.6 Å². The molecule has 1 aromatic heterocycles. The number of hydrogen-bond acceptors (Lipinski definition) is 4. The molecule has 0 radical (unpaired) electrons. The average molecular weight is 294 g/mol. The number of amides is 1. The largest absolute Gasteiger partial charge is 0.443 e. The minimum atomic E-state index is -0.255. The van der Waals surface area contributed by atoms with Crippen LogP contribution in [0.15, 0.2) is 16.5 Å². The molecule has 0 atom stereocenters. The van der Waals surface area contributed by atoms with Gasteiger partial charge < -0.3 is 21.2 Å². The van der Waals surface area contributed by atoms with Gasteiger partial charge in [-0.1, -0.05) is 5.92 Å². The summed E-state index contributed by atoms with van der Waals surface area (Å²) >= 11 is 0. The fourth-order valence-electron chi connectivity index (χ4n) is 1.06. The summed E-state index contributed by atoms with van der Waals surface area (Å²) in [7, 11) is 0. The average Bonchev–Trinajstić information content (AvgIpc) is 2.75. The van der Waals surface area contributed by atoms with E-state index in [-0.39, 0.29) is 43.0 Å². The van der Waals surface area contributed by atoms with Crippen LogP contribution >= 0.6 is 24.8 Å². The van der Waals surface area contributed by atoms with Crippen LogP contribution in [0.4, 0.5) is 0 Å². The quantitative estimate of drug-likeness (QED) is 0.557. The number of furan rings is 1. The van der Waals surface area contributed by atoms with Crippen molar-refractivity contribution in [1.29, 1.82) is 0 Å². The van der Waals surface area contributed by atoms with Crippen molar-refractivity contribution < 1.29 is 9.21 Å². The van der Waals surface area contributed by atoms with Crippen molar-refractivity contribution in [2.24, 2.45) is 11.5 Å². The number of carbonyl (C=O) groups excluding carboxylic acids is 1. The topological polar surface area (TPSA) is 94.3 Å². The van der Waals surface area contributed by atoms with Crippen LogP contribution in [0.5, 0.6) is 0 Å². The summed E-state index contributed by atoms with van der Waals surface area (Å²) in [4.78, 5) is 11.5. The van der Waals surface area contributed by atoms with Crippen LogP contribution in [0, 0.1) is 11.8 Å². The number of hydrogen-bond donors (Lipinski definition) is 3. The summed E-state index contributed by atoms with van der Waals surface area (Å²) in [6.07, 6.45) is 0.742. The normalized spacial score (nSPS) is 8.33. The Morgan fingerprint density at radius 2 is 2.06 bits per heavy atom. The second-order valence-corrected chi connectivity index (χ2v) is 3.07. The first-order valence-electron chi connectivity index (χ1n) is 5.05. The smallest absolute Gasteiger partial charge is 0.287 e. The molecule has 0 saturated heterocycles. The molecule has 0 aliphatic carbocycles. The van der Waals surface area contributed by atoms with Crippen molar-refractivity contribution >= 4 is 30.7 Å². The summed E-state index contributed by atoms with van der Waals surface area (Å²) < 4.78 is 5.21. The zero-order chi connectivity index (χ0) is 11.8. The Kier molecular flexibility index (Phi) is 11.6. The molecule has 5 nitrogen and oxygen atoms in total. The SMILES string of the molecule is Cl.Cl.NCC#Cc1ccc(C(=O)NCCCN)o1. The fraction of sp³-hybridized carbons (Fsp3) is 0.364. The van der Waals surface area contributed by atoms with E-state index in [2.05, 4.69) is 17.2 Å². The Morgan fingerprint density at radius 1 is 1.33 bits per heavy atom. The molecule has 102 valence electrons. The van der Waals surface area contributed by atoms with Gasteiger partial charge in [0.1, 0.15) is 0 Å². The second-order valence-electron chi connectivity index (χ2n) is 3.07. The van der Waals surface area contributed by atoms with Gasteiger partial charge in [0.15, 0.2) is 11.5 Å². The van der Waals surface area contributed by atoms with Crippen LogP contribution in [-0.2, 0) is 0 Å². The van der Waals surface area contributed by atoms with Crippen molar-refractivity contribution in [3.05, 3.63) is 23.7 Å². The molecule has 0 spiro atoms. The molecule has 1 amide bonds. The first kappa shape index (κ1) is 19.2. The van der Waals surface area contributed by atoms with E-state index in [0.717, 1.165) is 6.42 Å². The van der Waals surface area contributed by atoms with Crippen LogP contribution in [-0.4, -0.2) is 25.5 Å². The van der Waals surface area contributed by atoms with Crippen LogP contribution in [0.25, 0.3) is 0 Å². The summed E-state index contributed by atoms with van der Waals surface area (Å²) in [5.41, 5.74) is 10.5. The van der Waals surface area contributed by atoms with E-state index in [4.69, 9.17) is 15.9 Å². The number of nitrogens with two attached hydrogens (primary N) is 2. The standard InChI is InChI=1S/C11H15N3O2.2ClH/c12-6-1-3-9-4-5-10(16-9)11(15)14-8-2-7-13;;/h4-5H,2,6-8,12-13H2,(H,14,15);2*1H. The predicted molar refractivity (Wildman–Crippen MR) is 75.1 cm³/mol. The van der Waals surface area contributed by atoms with Crippen molar-refractivity contribution in [3.8, 4) is 11.8 Å². The fourth-order valence-corrected chi connectivity index (χ4v) is 1.06. The van der Waals surface area contributed by atoms with E-state index in [1.54, 1.807) is 12.1 Å². The first-order chi connectivity index (χ1) is 7.77. The maximum absolute atomic E-state index is 11.5. The van der Waals surface area contributed by atoms with E-state index in [1.165, 1.54) is 0 Å². The van der Waals surface area contributed by atoms with Gasteiger partial charge in [-0.2, -0.15) is 0 Å². The lowest BCUT2D eigenvalue weighted by Gasteiger charge is -2.00. The van der Waals surface area contributed by atoms with Gasteiger partial charge in [0, 0.05) is 6.54 Å². The van der Waals surface area contributed by atoms with Gasteiger partial charge >= 0.3 is 0 Å². The van der Waals surface area contributed by atoms with Crippen molar-refractivity contribution in [3.63, 3.8) is 0 Å². The molecular formula is C11H17Cl2N3O2. The number of carbonyl (C=O) groups is 1. The third kappa shape index (κ3) is 6.52. The highest BCUT2D eigenvalue weighted by atomic mass is 35.5. The Bertz CT molecular complexity index is 410. The van der Waals surface area contributed by atoms with E-state index < -0.39 is 0 Å². The molecule has 1 rings (SSSR count). The van der Waals surface area contributed by atoms with E-state index in [9.17, 15) is 4.79 Å². The molecule has 18 heavy (non-hydrogen) atoms. The maximum Gasteiger partial charge on any atom is 0.287 e. The number of nitrogens with one attached hydrogen (secondary N) is 1. The summed E-state index contributed by atoms with van der Waals surface area (Å²) in [5, 5.41) is 2.68. The highest BCUT2D eigenvalue weighted by molar-refractivity contribution is 5.91. The zero-order valence-electron chi connectivity index (χ0n) is 9.77. The van der Waals surface area contributed by atoms with Crippen LogP contribution in [0.3, 0.4) is 0 Å². The van der Waals surface area contributed by atoms with Gasteiger partial charge in [0.05, 0.1) is 6.54 Å². The molecule has 0 saturated carbocycles. The summed E-state index contributed by atoms with van der Waals surface area (Å²) in [5.74, 6) is 5.78. The molecule has 0 fully saturated rings. The molecule has 0 aliphatic heterocycles. The Labute approximate surface area is 118 Å². The second kappa shape index (κ2) is 10.9. The number of rotatable bonds is 4. The number of halogens is 2. The highest BCUT2D eigenvalue weighted by Gasteiger charge is 2.08. The van der Waals surface area contributed by atoms with Crippen molar-refractivity contribution in [1.82, 2.24) is 5.32 Å². The molecule has 0 aliphatic rings. The lowest BCUT2D eigenvalue weighted by Crippen LogP contribution is -2.25. The molecule has 0 unspecified atom stereocenters. The minimum absolute atomic E-state index is 0. The van der Waals surface area contributed by atoms with Gasteiger partial charge in [0.25, 0.3) is 5.91 Å².